The Bertz CT molecular complexity index is 837. The van der Waals surface area contributed by atoms with Crippen molar-refractivity contribution in [1.82, 2.24) is 10.3 Å². The van der Waals surface area contributed by atoms with Crippen LogP contribution in [0.15, 0.2) is 72.8 Å². The number of hydrogen-bond acceptors (Lipinski definition) is 2. The molecule has 0 aliphatic heterocycles. The summed E-state index contributed by atoms with van der Waals surface area (Å²) in [6.07, 6.45) is 4.77. The standard InChI is InChI=1S/C24H27N2P.ClH.Zn/c1-19-15-16-20-9-8-14-23(24(20)26-19)25-17-18-27(21-10-4-2-5-11-21)22-12-6-3-7-13-22;;/h2-7,10-13,15-16,23,25H,8-9,14,17-18H2,1H3;1H;. The molecule has 4 rings (SSSR count). The van der Waals surface area contributed by atoms with Gasteiger partial charge in [-0.3, -0.25) is 4.98 Å². The van der Waals surface area contributed by atoms with Gasteiger partial charge in [0.25, 0.3) is 0 Å². The van der Waals surface area contributed by atoms with E-state index in [1.165, 1.54) is 41.1 Å². The van der Waals surface area contributed by atoms with Crippen molar-refractivity contribution in [1.29, 1.82) is 0 Å². The van der Waals surface area contributed by atoms with Crippen molar-refractivity contribution in [3.63, 3.8) is 0 Å². The van der Waals surface area contributed by atoms with Gasteiger partial charge >= 0.3 is 0 Å². The molecule has 148 valence electrons. The fourth-order valence-corrected chi connectivity index (χ4v) is 6.16. The van der Waals surface area contributed by atoms with Crippen LogP contribution in [0.5, 0.6) is 0 Å². The van der Waals surface area contributed by atoms with Crippen LogP contribution in [0.1, 0.15) is 35.8 Å². The largest absolute Gasteiger partial charge is 0.308 e. The van der Waals surface area contributed by atoms with Gasteiger partial charge in [-0.05, 0) is 62.5 Å². The third-order valence-electron chi connectivity index (χ3n) is 5.28. The molecule has 1 aliphatic rings. The van der Waals surface area contributed by atoms with Crippen molar-refractivity contribution in [2.75, 3.05) is 12.7 Å². The maximum atomic E-state index is 4.85. The normalized spacial score (nSPS) is 15.2. The first-order chi connectivity index (χ1) is 13.3. The topological polar surface area (TPSA) is 24.9 Å². The van der Waals surface area contributed by atoms with Crippen LogP contribution in [0.4, 0.5) is 0 Å². The quantitative estimate of drug-likeness (QED) is 0.404. The Hall–Kier alpha value is -1.11. The maximum absolute atomic E-state index is 4.85. The predicted molar refractivity (Wildman–Crippen MR) is 124 cm³/mol. The second kappa shape index (κ2) is 11.9. The summed E-state index contributed by atoms with van der Waals surface area (Å²) in [5, 5.41) is 6.74. The van der Waals surface area contributed by atoms with Crippen LogP contribution in [-0.4, -0.2) is 17.7 Å². The van der Waals surface area contributed by atoms with E-state index >= 15 is 0 Å². The second-order valence-electron chi connectivity index (χ2n) is 7.22. The zero-order valence-electron chi connectivity index (χ0n) is 17.1. The van der Waals surface area contributed by atoms with Crippen molar-refractivity contribution < 1.29 is 19.5 Å². The molecular weight excluding hydrogens is 448 g/mol. The molecule has 0 spiro atoms. The Labute approximate surface area is 194 Å². The van der Waals surface area contributed by atoms with Gasteiger partial charge in [-0.25, -0.2) is 0 Å². The Morgan fingerprint density at radius 3 is 2.17 bits per heavy atom. The number of benzene rings is 2. The molecule has 2 nitrogen and oxygen atoms in total. The number of nitrogens with zero attached hydrogens (tertiary/aromatic N) is 1. The molecule has 0 radical (unpaired) electrons. The summed E-state index contributed by atoms with van der Waals surface area (Å²) < 4.78 is 0. The van der Waals surface area contributed by atoms with Gasteiger partial charge < -0.3 is 5.32 Å². The minimum Gasteiger partial charge on any atom is -0.308 e. The van der Waals surface area contributed by atoms with Crippen LogP contribution in [0.25, 0.3) is 0 Å². The smallest absolute Gasteiger partial charge is 0.0608 e. The molecule has 1 aliphatic carbocycles. The molecule has 1 N–H and O–H groups in total. The summed E-state index contributed by atoms with van der Waals surface area (Å²) in [5.74, 6) is 0. The third kappa shape index (κ3) is 6.19. The van der Waals surface area contributed by atoms with Crippen molar-refractivity contribution in [2.24, 2.45) is 0 Å². The number of aryl methyl sites for hydroxylation is 2. The van der Waals surface area contributed by atoms with Crippen LogP contribution < -0.4 is 15.9 Å². The van der Waals surface area contributed by atoms with Gasteiger partial charge in [-0.15, -0.1) is 12.4 Å². The van der Waals surface area contributed by atoms with Crippen LogP contribution in [0, 0.1) is 6.92 Å². The Balaban J connectivity index is 0.00000150. The minimum absolute atomic E-state index is 0. The van der Waals surface area contributed by atoms with E-state index in [1.807, 2.05) is 0 Å². The molecule has 1 heterocycles. The fraction of sp³-hybridized carbons (Fsp3) is 0.292. The van der Waals surface area contributed by atoms with E-state index in [0.717, 1.165) is 18.4 Å². The molecular formula is C24H28ClN2PZn. The van der Waals surface area contributed by atoms with E-state index in [4.69, 9.17) is 4.98 Å². The summed E-state index contributed by atoms with van der Waals surface area (Å²) in [6.45, 7) is 3.12. The molecule has 1 atom stereocenters. The van der Waals surface area contributed by atoms with Gasteiger partial charge in [-0.2, -0.15) is 0 Å². The average molecular weight is 476 g/mol. The molecule has 0 saturated heterocycles. The zero-order valence-corrected chi connectivity index (χ0v) is 21.7. The first kappa shape index (κ1) is 24.2. The summed E-state index contributed by atoms with van der Waals surface area (Å²) >= 11 is 0. The van der Waals surface area contributed by atoms with E-state index in [0.29, 0.717) is 6.04 Å². The van der Waals surface area contributed by atoms with Gasteiger partial charge in [0.2, 0.25) is 0 Å². The molecule has 0 fully saturated rings. The molecule has 5 heteroatoms. The van der Waals surface area contributed by atoms with Crippen molar-refractivity contribution in [3.8, 4) is 0 Å². The molecule has 1 aromatic heterocycles. The predicted octanol–water partition coefficient (Wildman–Crippen LogP) is 4.91. The Kier molecular flexibility index (Phi) is 9.93. The molecule has 1 unspecified atom stereocenters. The van der Waals surface area contributed by atoms with Gasteiger partial charge in [0.05, 0.1) is 5.69 Å². The van der Waals surface area contributed by atoms with Gasteiger partial charge in [0, 0.05) is 37.8 Å². The van der Waals surface area contributed by atoms with E-state index in [2.05, 4.69) is 85.0 Å². The number of hydrogen-bond donors (Lipinski definition) is 1. The van der Waals surface area contributed by atoms with Gasteiger partial charge in [0.1, 0.15) is 0 Å². The number of halogens is 1. The maximum Gasteiger partial charge on any atom is 0.0608 e. The number of fused-ring (bicyclic) bond motifs is 1. The van der Waals surface area contributed by atoms with Gasteiger partial charge in [0.15, 0.2) is 0 Å². The summed E-state index contributed by atoms with van der Waals surface area (Å²) in [7, 11) is -0.334. The molecule has 3 aromatic rings. The molecule has 0 amide bonds. The van der Waals surface area contributed by atoms with E-state index in [-0.39, 0.29) is 39.8 Å². The number of nitrogens with one attached hydrogen (secondary N) is 1. The average Bonchev–Trinajstić information content (AvgIpc) is 2.73. The van der Waals surface area contributed by atoms with Crippen LogP contribution in [0.3, 0.4) is 0 Å². The monoisotopic (exact) mass is 474 g/mol. The third-order valence-corrected chi connectivity index (χ3v) is 7.80. The SMILES string of the molecule is Cc1ccc2c(n1)C(NCCP(c1ccccc1)c1ccccc1)CCC2.Cl.[Zn]. The molecule has 2 aromatic carbocycles. The first-order valence-electron chi connectivity index (χ1n) is 9.89. The Morgan fingerprint density at radius 1 is 0.931 bits per heavy atom. The number of aromatic nitrogens is 1. The van der Waals surface area contributed by atoms with E-state index < -0.39 is 0 Å². The summed E-state index contributed by atoms with van der Waals surface area (Å²) in [6, 6.07) is 26.8. The summed E-state index contributed by atoms with van der Waals surface area (Å²) in [5.41, 5.74) is 3.83. The van der Waals surface area contributed by atoms with Crippen molar-refractivity contribution in [2.45, 2.75) is 32.2 Å². The Morgan fingerprint density at radius 2 is 1.55 bits per heavy atom. The fourth-order valence-electron chi connectivity index (χ4n) is 3.92. The van der Waals surface area contributed by atoms with Crippen LogP contribution >= 0.6 is 20.3 Å². The second-order valence-corrected chi connectivity index (χ2v) is 9.55. The van der Waals surface area contributed by atoms with E-state index in [1.54, 1.807) is 0 Å². The zero-order chi connectivity index (χ0) is 18.5. The van der Waals surface area contributed by atoms with Crippen LogP contribution in [0.2, 0.25) is 0 Å². The van der Waals surface area contributed by atoms with Crippen LogP contribution in [-0.2, 0) is 25.9 Å². The first-order valence-corrected chi connectivity index (χ1v) is 11.4. The van der Waals surface area contributed by atoms with Crippen molar-refractivity contribution >= 4 is 30.9 Å². The van der Waals surface area contributed by atoms with Crippen molar-refractivity contribution in [3.05, 3.63) is 89.7 Å². The van der Waals surface area contributed by atoms with Gasteiger partial charge in [-0.1, -0.05) is 66.7 Å². The molecule has 29 heavy (non-hydrogen) atoms. The molecule has 0 saturated carbocycles. The number of pyridine rings is 1. The van der Waals surface area contributed by atoms with E-state index in [9.17, 15) is 0 Å². The summed E-state index contributed by atoms with van der Waals surface area (Å²) in [4.78, 5) is 4.85. The number of rotatable bonds is 6. The minimum atomic E-state index is -0.334. The molecule has 0 bridgehead atoms.